The molecule has 1 rings (SSSR count). The van der Waals surface area contributed by atoms with Crippen molar-refractivity contribution in [3.8, 4) is 11.5 Å². The summed E-state index contributed by atoms with van der Waals surface area (Å²) in [5.41, 5.74) is 0.0501. The molecule has 0 radical (unpaired) electrons. The number of sulfone groups is 1. The van der Waals surface area contributed by atoms with Crippen LogP contribution in [0.1, 0.15) is 17.3 Å². The summed E-state index contributed by atoms with van der Waals surface area (Å²) in [7, 11) is -1.70. The van der Waals surface area contributed by atoms with Crippen molar-refractivity contribution >= 4 is 15.8 Å². The van der Waals surface area contributed by atoms with Gasteiger partial charge in [-0.2, -0.15) is 0 Å². The molecule has 0 spiro atoms. The van der Waals surface area contributed by atoms with Crippen LogP contribution in [-0.2, 0) is 9.84 Å². The lowest BCUT2D eigenvalue weighted by molar-refractivity contribution is 0.0696. The number of methoxy groups -OCH3 is 1. The first-order valence-corrected chi connectivity index (χ1v) is 7.46. The monoisotopic (exact) mass is 288 g/mol. The Labute approximate surface area is 111 Å². The Bertz CT molecular complexity index is 549. The third-order valence-electron chi connectivity index (χ3n) is 2.50. The standard InChI is InChI=1S/C12H16O6S/c1-3-19(15,16)7-6-18-11-8-9(12(13)14)4-5-10(11)17-2/h4-5,8H,3,6-7H2,1-2H3,(H,13,14). The highest BCUT2D eigenvalue weighted by Gasteiger charge is 2.12. The first-order valence-electron chi connectivity index (χ1n) is 5.64. The van der Waals surface area contributed by atoms with Gasteiger partial charge in [-0.3, -0.25) is 0 Å². The predicted molar refractivity (Wildman–Crippen MR) is 69.8 cm³/mol. The second-order valence-corrected chi connectivity index (χ2v) is 6.23. The van der Waals surface area contributed by atoms with Crippen molar-refractivity contribution in [1.29, 1.82) is 0 Å². The fourth-order valence-corrected chi connectivity index (χ4v) is 1.97. The smallest absolute Gasteiger partial charge is 0.335 e. The predicted octanol–water partition coefficient (Wildman–Crippen LogP) is 1.21. The van der Waals surface area contributed by atoms with Gasteiger partial charge in [0.05, 0.1) is 18.4 Å². The quantitative estimate of drug-likeness (QED) is 0.811. The van der Waals surface area contributed by atoms with Crippen molar-refractivity contribution in [2.45, 2.75) is 6.92 Å². The van der Waals surface area contributed by atoms with Gasteiger partial charge in [-0.15, -0.1) is 0 Å². The molecule has 0 aliphatic carbocycles. The molecule has 0 atom stereocenters. The lowest BCUT2D eigenvalue weighted by Gasteiger charge is -2.11. The maximum absolute atomic E-state index is 11.3. The van der Waals surface area contributed by atoms with Crippen molar-refractivity contribution in [2.75, 3.05) is 25.2 Å². The van der Waals surface area contributed by atoms with Crippen LogP contribution in [0.3, 0.4) is 0 Å². The molecule has 0 heterocycles. The minimum Gasteiger partial charge on any atom is -0.493 e. The fourth-order valence-electron chi connectivity index (χ4n) is 1.35. The molecule has 7 heteroatoms. The molecule has 0 aromatic heterocycles. The Morgan fingerprint density at radius 1 is 1.32 bits per heavy atom. The van der Waals surface area contributed by atoms with Gasteiger partial charge in [0.2, 0.25) is 0 Å². The molecule has 0 aliphatic heterocycles. The summed E-state index contributed by atoms with van der Waals surface area (Å²) < 4.78 is 32.9. The van der Waals surface area contributed by atoms with Crippen LogP contribution in [0.4, 0.5) is 0 Å². The van der Waals surface area contributed by atoms with Gasteiger partial charge >= 0.3 is 5.97 Å². The van der Waals surface area contributed by atoms with Gasteiger partial charge < -0.3 is 14.6 Å². The summed E-state index contributed by atoms with van der Waals surface area (Å²) in [6, 6.07) is 4.16. The first kappa shape index (κ1) is 15.3. The van der Waals surface area contributed by atoms with Crippen LogP contribution in [-0.4, -0.2) is 44.7 Å². The van der Waals surface area contributed by atoms with Crippen LogP contribution in [0.5, 0.6) is 11.5 Å². The van der Waals surface area contributed by atoms with Gasteiger partial charge in [-0.1, -0.05) is 6.92 Å². The lowest BCUT2D eigenvalue weighted by atomic mass is 10.2. The topological polar surface area (TPSA) is 89.9 Å². The van der Waals surface area contributed by atoms with Crippen molar-refractivity contribution in [3.63, 3.8) is 0 Å². The van der Waals surface area contributed by atoms with E-state index in [4.69, 9.17) is 14.6 Å². The SMILES string of the molecule is CCS(=O)(=O)CCOc1cc(C(=O)O)ccc1OC. The zero-order valence-corrected chi connectivity index (χ0v) is 11.6. The van der Waals surface area contributed by atoms with Crippen molar-refractivity contribution in [2.24, 2.45) is 0 Å². The van der Waals surface area contributed by atoms with Crippen LogP contribution >= 0.6 is 0 Å². The van der Waals surface area contributed by atoms with Crippen LogP contribution in [0, 0.1) is 0 Å². The summed E-state index contributed by atoms with van der Waals surface area (Å²) in [6.45, 7) is 1.51. The van der Waals surface area contributed by atoms with E-state index in [1.807, 2.05) is 0 Å². The largest absolute Gasteiger partial charge is 0.493 e. The lowest BCUT2D eigenvalue weighted by Crippen LogP contribution is -2.16. The number of carboxylic acid groups (broad SMARTS) is 1. The molecule has 0 saturated heterocycles. The van der Waals surface area contributed by atoms with Gasteiger partial charge in [0, 0.05) is 5.75 Å². The van der Waals surface area contributed by atoms with Gasteiger partial charge in [0.1, 0.15) is 6.61 Å². The molecule has 1 aromatic rings. The molecule has 1 aromatic carbocycles. The molecule has 6 nitrogen and oxygen atoms in total. The molecule has 1 N–H and O–H groups in total. The van der Waals surface area contributed by atoms with E-state index in [-0.39, 0.29) is 29.4 Å². The molecule has 0 fully saturated rings. The van der Waals surface area contributed by atoms with Crippen molar-refractivity contribution in [3.05, 3.63) is 23.8 Å². The number of hydrogen-bond donors (Lipinski definition) is 1. The van der Waals surface area contributed by atoms with Crippen LogP contribution in [0.25, 0.3) is 0 Å². The van der Waals surface area contributed by atoms with Gasteiger partial charge in [0.25, 0.3) is 0 Å². The third kappa shape index (κ3) is 4.44. The van der Waals surface area contributed by atoms with Crippen molar-refractivity contribution < 1.29 is 27.8 Å². The van der Waals surface area contributed by atoms with Gasteiger partial charge in [-0.05, 0) is 18.2 Å². The maximum Gasteiger partial charge on any atom is 0.335 e. The number of carbonyl (C=O) groups is 1. The summed E-state index contributed by atoms with van der Waals surface area (Å²) in [6.07, 6.45) is 0. The first-order chi connectivity index (χ1) is 8.89. The minimum absolute atomic E-state index is 0.0443. The van der Waals surface area contributed by atoms with E-state index in [1.54, 1.807) is 6.92 Å². The number of hydrogen-bond acceptors (Lipinski definition) is 5. The average molecular weight is 288 g/mol. The van der Waals surface area contributed by atoms with Crippen LogP contribution < -0.4 is 9.47 Å². The number of carboxylic acids is 1. The Morgan fingerprint density at radius 2 is 2.00 bits per heavy atom. The van der Waals surface area contributed by atoms with Gasteiger partial charge in [0.15, 0.2) is 21.3 Å². The highest BCUT2D eigenvalue weighted by Crippen LogP contribution is 2.28. The Kier molecular flexibility index (Phi) is 5.17. The molecular formula is C12H16O6S. The molecule has 0 unspecified atom stereocenters. The van der Waals surface area contributed by atoms with E-state index in [2.05, 4.69) is 0 Å². The molecule has 19 heavy (non-hydrogen) atoms. The van der Waals surface area contributed by atoms with Crippen LogP contribution in [0.15, 0.2) is 18.2 Å². The zero-order valence-electron chi connectivity index (χ0n) is 10.8. The Morgan fingerprint density at radius 3 is 2.53 bits per heavy atom. The highest BCUT2D eigenvalue weighted by atomic mass is 32.2. The number of rotatable bonds is 7. The number of ether oxygens (including phenoxy) is 2. The molecular weight excluding hydrogens is 272 g/mol. The van der Waals surface area contributed by atoms with E-state index in [1.165, 1.54) is 25.3 Å². The Balaban J connectivity index is 2.81. The molecule has 0 amide bonds. The zero-order chi connectivity index (χ0) is 14.5. The third-order valence-corrected chi connectivity index (χ3v) is 4.17. The summed E-state index contributed by atoms with van der Waals surface area (Å²) in [5, 5.41) is 8.87. The molecule has 0 bridgehead atoms. The summed E-state index contributed by atoms with van der Waals surface area (Å²) in [4.78, 5) is 10.8. The second-order valence-electron chi connectivity index (χ2n) is 3.76. The number of aromatic carboxylic acids is 1. The highest BCUT2D eigenvalue weighted by molar-refractivity contribution is 7.91. The van der Waals surface area contributed by atoms with E-state index in [0.29, 0.717) is 5.75 Å². The summed E-state index contributed by atoms with van der Waals surface area (Å²) in [5.74, 6) is -0.589. The second kappa shape index (κ2) is 6.42. The van der Waals surface area contributed by atoms with E-state index in [0.717, 1.165) is 0 Å². The minimum atomic E-state index is -3.12. The van der Waals surface area contributed by atoms with Crippen molar-refractivity contribution in [1.82, 2.24) is 0 Å². The average Bonchev–Trinajstić information content (AvgIpc) is 2.38. The molecule has 0 aliphatic rings. The maximum atomic E-state index is 11.3. The molecule has 0 saturated carbocycles. The molecule has 106 valence electrons. The van der Waals surface area contributed by atoms with Crippen LogP contribution in [0.2, 0.25) is 0 Å². The van der Waals surface area contributed by atoms with E-state index >= 15 is 0 Å². The summed E-state index contributed by atoms with van der Waals surface area (Å²) >= 11 is 0. The number of benzene rings is 1. The van der Waals surface area contributed by atoms with Gasteiger partial charge in [-0.25, -0.2) is 13.2 Å². The fraction of sp³-hybridized carbons (Fsp3) is 0.417. The van der Waals surface area contributed by atoms with E-state index < -0.39 is 15.8 Å². The Hall–Kier alpha value is -1.76. The van der Waals surface area contributed by atoms with E-state index in [9.17, 15) is 13.2 Å². The normalized spacial score (nSPS) is 11.1.